The summed E-state index contributed by atoms with van der Waals surface area (Å²) >= 11 is 0. The van der Waals surface area contributed by atoms with Crippen LogP contribution in [0.25, 0.3) is 0 Å². The minimum absolute atomic E-state index is 0.0617. The molecular formula is C8H13N3O4S. The van der Waals surface area contributed by atoms with Crippen LogP contribution in [0.2, 0.25) is 0 Å². The molecule has 90 valence electrons. The van der Waals surface area contributed by atoms with Gasteiger partial charge in [0.15, 0.2) is 0 Å². The van der Waals surface area contributed by atoms with Crippen LogP contribution in [0.5, 0.6) is 0 Å². The summed E-state index contributed by atoms with van der Waals surface area (Å²) in [7, 11) is -2.03. The highest BCUT2D eigenvalue weighted by molar-refractivity contribution is 7.89. The second kappa shape index (κ2) is 4.64. The Morgan fingerprint density at radius 2 is 2.31 bits per heavy atom. The molecule has 16 heavy (non-hydrogen) atoms. The van der Waals surface area contributed by atoms with Crippen LogP contribution in [0.4, 0.5) is 0 Å². The normalized spacial score (nSPS) is 13.6. The molecule has 8 heteroatoms. The number of aryl methyl sites for hydroxylation is 1. The minimum atomic E-state index is -3.71. The monoisotopic (exact) mass is 247 g/mol. The molecule has 1 aromatic rings. The number of amides is 1. The van der Waals surface area contributed by atoms with Crippen molar-refractivity contribution < 1.29 is 18.3 Å². The van der Waals surface area contributed by atoms with Crippen molar-refractivity contribution in [3.8, 4) is 0 Å². The van der Waals surface area contributed by atoms with E-state index < -0.39 is 28.6 Å². The number of aliphatic hydroxyl groups excluding tert-OH is 1. The highest BCUT2D eigenvalue weighted by Gasteiger charge is 2.18. The first kappa shape index (κ1) is 12.7. The van der Waals surface area contributed by atoms with Gasteiger partial charge in [0.1, 0.15) is 6.10 Å². The fourth-order valence-corrected chi connectivity index (χ4v) is 2.10. The SMILES string of the molecule is Cn1ccc(S(=O)(=O)NCC(O)C(N)=O)c1. The maximum Gasteiger partial charge on any atom is 0.247 e. The molecule has 0 fully saturated rings. The summed E-state index contributed by atoms with van der Waals surface area (Å²) in [5.41, 5.74) is 4.78. The molecule has 1 heterocycles. The number of carbonyl (C=O) groups is 1. The van der Waals surface area contributed by atoms with Crippen LogP contribution in [0.1, 0.15) is 0 Å². The number of rotatable bonds is 5. The number of nitrogens with zero attached hydrogens (tertiary/aromatic N) is 1. The van der Waals surface area contributed by atoms with Gasteiger partial charge in [0.2, 0.25) is 15.9 Å². The van der Waals surface area contributed by atoms with Crippen LogP contribution in [0.3, 0.4) is 0 Å². The second-order valence-corrected chi connectivity index (χ2v) is 5.05. The number of carbonyl (C=O) groups excluding carboxylic acids is 1. The Balaban J connectivity index is 2.70. The lowest BCUT2D eigenvalue weighted by Crippen LogP contribution is -2.39. The number of sulfonamides is 1. The van der Waals surface area contributed by atoms with Crippen LogP contribution in [0, 0.1) is 0 Å². The van der Waals surface area contributed by atoms with Crippen molar-refractivity contribution in [1.29, 1.82) is 0 Å². The smallest absolute Gasteiger partial charge is 0.247 e. The van der Waals surface area contributed by atoms with E-state index in [0.717, 1.165) is 0 Å². The van der Waals surface area contributed by atoms with Gasteiger partial charge in [-0.1, -0.05) is 0 Å². The number of hydrogen-bond acceptors (Lipinski definition) is 4. The van der Waals surface area contributed by atoms with Gasteiger partial charge in [-0.15, -0.1) is 0 Å². The van der Waals surface area contributed by atoms with Crippen molar-refractivity contribution in [1.82, 2.24) is 9.29 Å². The lowest BCUT2D eigenvalue weighted by Gasteiger charge is -2.07. The van der Waals surface area contributed by atoms with Crippen LogP contribution >= 0.6 is 0 Å². The first-order chi connectivity index (χ1) is 7.33. The number of nitrogens with one attached hydrogen (secondary N) is 1. The van der Waals surface area contributed by atoms with Crippen molar-refractivity contribution in [3.05, 3.63) is 18.5 Å². The van der Waals surface area contributed by atoms with Gasteiger partial charge in [-0.2, -0.15) is 0 Å². The Kier molecular flexibility index (Phi) is 3.68. The topological polar surface area (TPSA) is 114 Å². The van der Waals surface area contributed by atoms with E-state index in [1.165, 1.54) is 12.3 Å². The zero-order valence-electron chi connectivity index (χ0n) is 8.62. The van der Waals surface area contributed by atoms with Crippen molar-refractivity contribution >= 4 is 15.9 Å². The predicted octanol–water partition coefficient (Wildman–Crippen LogP) is -1.85. The van der Waals surface area contributed by atoms with Crippen LogP contribution in [-0.2, 0) is 21.9 Å². The maximum absolute atomic E-state index is 11.6. The molecule has 4 N–H and O–H groups in total. The number of hydrogen-bond donors (Lipinski definition) is 3. The van der Waals surface area contributed by atoms with E-state index >= 15 is 0 Å². The van der Waals surface area contributed by atoms with Crippen LogP contribution in [-0.4, -0.2) is 36.6 Å². The third kappa shape index (κ3) is 3.05. The zero-order chi connectivity index (χ0) is 12.3. The minimum Gasteiger partial charge on any atom is -0.382 e. The van der Waals surface area contributed by atoms with Gasteiger partial charge in [-0.05, 0) is 6.07 Å². The quantitative estimate of drug-likeness (QED) is 0.566. The van der Waals surface area contributed by atoms with E-state index in [-0.39, 0.29) is 4.90 Å². The van der Waals surface area contributed by atoms with E-state index in [1.807, 2.05) is 0 Å². The fraction of sp³-hybridized carbons (Fsp3) is 0.375. The Bertz CT molecular complexity index is 479. The van der Waals surface area contributed by atoms with Crippen LogP contribution in [0.15, 0.2) is 23.4 Å². The van der Waals surface area contributed by atoms with Gasteiger partial charge >= 0.3 is 0 Å². The Hall–Kier alpha value is -1.38. The molecule has 1 rings (SSSR count). The third-order valence-corrected chi connectivity index (χ3v) is 3.32. The molecule has 1 amide bonds. The summed E-state index contributed by atoms with van der Waals surface area (Å²) in [4.78, 5) is 10.6. The maximum atomic E-state index is 11.6. The summed E-state index contributed by atoms with van der Waals surface area (Å²) in [6.07, 6.45) is 1.44. The fourth-order valence-electron chi connectivity index (χ4n) is 1.01. The van der Waals surface area contributed by atoms with E-state index in [2.05, 4.69) is 4.72 Å². The van der Waals surface area contributed by atoms with Gasteiger partial charge in [0.05, 0.1) is 4.90 Å². The largest absolute Gasteiger partial charge is 0.382 e. The van der Waals surface area contributed by atoms with Gasteiger partial charge in [0, 0.05) is 26.0 Å². The first-order valence-corrected chi connectivity index (χ1v) is 5.90. The molecule has 0 aliphatic carbocycles. The number of primary amides is 1. The third-order valence-electron chi connectivity index (χ3n) is 1.91. The molecule has 1 unspecified atom stereocenters. The first-order valence-electron chi connectivity index (χ1n) is 4.42. The molecule has 0 aliphatic heterocycles. The Morgan fingerprint density at radius 3 is 2.75 bits per heavy atom. The predicted molar refractivity (Wildman–Crippen MR) is 55.8 cm³/mol. The summed E-state index contributed by atoms with van der Waals surface area (Å²) < 4.78 is 26.8. The molecule has 1 atom stereocenters. The molecule has 7 nitrogen and oxygen atoms in total. The van der Waals surface area contributed by atoms with Crippen molar-refractivity contribution in [2.24, 2.45) is 12.8 Å². The van der Waals surface area contributed by atoms with E-state index in [4.69, 9.17) is 10.8 Å². The molecule has 1 aromatic heterocycles. The van der Waals surface area contributed by atoms with Crippen molar-refractivity contribution in [2.75, 3.05) is 6.54 Å². The average molecular weight is 247 g/mol. The Labute approximate surface area is 92.9 Å². The Morgan fingerprint density at radius 1 is 1.69 bits per heavy atom. The second-order valence-electron chi connectivity index (χ2n) is 3.28. The lowest BCUT2D eigenvalue weighted by atomic mass is 10.3. The highest BCUT2D eigenvalue weighted by atomic mass is 32.2. The highest BCUT2D eigenvalue weighted by Crippen LogP contribution is 2.07. The molecule has 0 spiro atoms. The number of aromatic nitrogens is 1. The summed E-state index contributed by atoms with van der Waals surface area (Å²) in [6, 6.07) is 1.40. The number of aliphatic hydroxyl groups is 1. The average Bonchev–Trinajstić information content (AvgIpc) is 2.61. The van der Waals surface area contributed by atoms with Gasteiger partial charge in [-0.25, -0.2) is 13.1 Å². The zero-order valence-corrected chi connectivity index (χ0v) is 9.44. The van der Waals surface area contributed by atoms with E-state index in [9.17, 15) is 13.2 Å². The van der Waals surface area contributed by atoms with E-state index in [1.54, 1.807) is 17.8 Å². The van der Waals surface area contributed by atoms with Crippen molar-refractivity contribution in [2.45, 2.75) is 11.0 Å². The van der Waals surface area contributed by atoms with E-state index in [0.29, 0.717) is 0 Å². The van der Waals surface area contributed by atoms with Gasteiger partial charge < -0.3 is 15.4 Å². The summed E-state index contributed by atoms with van der Waals surface area (Å²) in [5.74, 6) is -0.976. The van der Waals surface area contributed by atoms with Gasteiger partial charge in [0.25, 0.3) is 0 Å². The van der Waals surface area contributed by atoms with Crippen LogP contribution < -0.4 is 10.5 Å². The number of nitrogens with two attached hydrogens (primary N) is 1. The van der Waals surface area contributed by atoms with Crippen molar-refractivity contribution in [3.63, 3.8) is 0 Å². The summed E-state index contributed by atoms with van der Waals surface area (Å²) in [6.45, 7) is -0.438. The molecule has 0 radical (unpaired) electrons. The summed E-state index contributed by atoms with van der Waals surface area (Å²) in [5, 5.41) is 9.04. The molecule has 0 aromatic carbocycles. The molecule has 0 bridgehead atoms. The molecule has 0 aliphatic rings. The van der Waals surface area contributed by atoms with Gasteiger partial charge in [-0.3, -0.25) is 4.79 Å². The standard InChI is InChI=1S/C8H13N3O4S/c1-11-3-2-6(5-11)16(14,15)10-4-7(12)8(9)13/h2-3,5,7,10,12H,4H2,1H3,(H2,9,13). The molecule has 0 saturated heterocycles. The lowest BCUT2D eigenvalue weighted by molar-refractivity contribution is -0.125. The molecular weight excluding hydrogens is 234 g/mol. The molecule has 0 saturated carbocycles.